The van der Waals surface area contributed by atoms with E-state index in [0.29, 0.717) is 41.1 Å². The van der Waals surface area contributed by atoms with E-state index in [2.05, 4.69) is 7.05 Å². The third-order valence-electron chi connectivity index (χ3n) is 7.14. The number of hydrogen-bond donors (Lipinski definition) is 3. The molecule has 7 heteroatoms. The molecule has 0 bridgehead atoms. The molecule has 0 saturated carbocycles. The average Bonchev–Trinajstić information content (AvgIpc) is 3.13. The summed E-state index contributed by atoms with van der Waals surface area (Å²) in [6, 6.07) is 9.65. The first-order valence-electron chi connectivity index (χ1n) is 11.8. The summed E-state index contributed by atoms with van der Waals surface area (Å²) in [4.78, 5) is 21.5. The summed E-state index contributed by atoms with van der Waals surface area (Å²) >= 11 is 0. The molecule has 3 heterocycles. The highest BCUT2D eigenvalue weighted by Gasteiger charge is 2.27. The summed E-state index contributed by atoms with van der Waals surface area (Å²) in [5.74, 6) is 1.39. The Kier molecular flexibility index (Phi) is 5.46. The number of piperazine rings is 1. The van der Waals surface area contributed by atoms with Crippen molar-refractivity contribution in [3.8, 4) is 17.1 Å². The molecule has 1 aliphatic rings. The van der Waals surface area contributed by atoms with Crippen LogP contribution in [0.3, 0.4) is 0 Å². The Labute approximate surface area is 192 Å². The quantitative estimate of drug-likeness (QED) is 0.432. The smallest absolute Gasteiger partial charge is 0.203 e. The van der Waals surface area contributed by atoms with E-state index in [-0.39, 0.29) is 11.2 Å². The Hall–Kier alpha value is -3.16. The van der Waals surface area contributed by atoms with Crippen molar-refractivity contribution in [1.29, 1.82) is 0 Å². The standard InChI is InChI=1S/C26H30N4O3/c1-5-17-14-18-24(32)22(26-27-20-8-6-7-9-21(20)29(26)4)16(2)33-25(18)19(23(17)31)15-30-12-10-28(3)11-13-30/h6-9,14,31H,5,10-13,15H2,1-4H3/p+2. The molecular formula is C26H32N4O3+2. The van der Waals surface area contributed by atoms with Gasteiger partial charge in [-0.15, -0.1) is 0 Å². The van der Waals surface area contributed by atoms with Gasteiger partial charge >= 0.3 is 0 Å². The maximum Gasteiger partial charge on any atom is 0.203 e. The number of benzene rings is 2. The SMILES string of the molecule is CCc1cc2c(=O)c(-c3nc4ccccc4n3C)c(C)oc2c(C[NH+]2CC[NH+](C)CC2)c1O. The maximum absolute atomic E-state index is 13.8. The molecule has 0 unspecified atom stereocenters. The van der Waals surface area contributed by atoms with Gasteiger partial charge < -0.3 is 23.9 Å². The van der Waals surface area contributed by atoms with Crippen molar-refractivity contribution in [2.75, 3.05) is 33.2 Å². The molecule has 0 atom stereocenters. The van der Waals surface area contributed by atoms with Gasteiger partial charge in [0.15, 0.2) is 5.58 Å². The van der Waals surface area contributed by atoms with Gasteiger partial charge in [0.2, 0.25) is 5.43 Å². The molecule has 3 N–H and O–H groups in total. The molecule has 172 valence electrons. The lowest BCUT2D eigenvalue weighted by atomic mass is 9.99. The van der Waals surface area contributed by atoms with Crippen LogP contribution in [-0.4, -0.2) is 47.9 Å². The molecule has 0 radical (unpaired) electrons. The van der Waals surface area contributed by atoms with E-state index in [1.54, 1.807) is 6.07 Å². The zero-order valence-corrected chi connectivity index (χ0v) is 19.8. The number of phenolic OH excluding ortho intramolecular Hbond substituents is 1. The van der Waals surface area contributed by atoms with E-state index < -0.39 is 0 Å². The highest BCUT2D eigenvalue weighted by Crippen LogP contribution is 2.33. The van der Waals surface area contributed by atoms with Gasteiger partial charge in [-0.25, -0.2) is 4.98 Å². The van der Waals surface area contributed by atoms with Crippen LogP contribution in [0, 0.1) is 6.92 Å². The zero-order chi connectivity index (χ0) is 23.3. The fourth-order valence-corrected chi connectivity index (χ4v) is 5.07. The number of imidazole rings is 1. The number of nitrogens with one attached hydrogen (secondary N) is 2. The average molecular weight is 449 g/mol. The highest BCUT2D eigenvalue weighted by molar-refractivity contribution is 5.88. The summed E-state index contributed by atoms with van der Waals surface area (Å²) in [7, 11) is 4.14. The van der Waals surface area contributed by atoms with E-state index in [1.165, 1.54) is 9.80 Å². The molecule has 4 aromatic rings. The fraction of sp³-hybridized carbons (Fsp3) is 0.385. The number of aromatic nitrogens is 2. The van der Waals surface area contributed by atoms with Crippen LogP contribution >= 0.6 is 0 Å². The second-order valence-corrected chi connectivity index (χ2v) is 9.32. The first-order valence-corrected chi connectivity index (χ1v) is 11.8. The van der Waals surface area contributed by atoms with Crippen molar-refractivity contribution >= 4 is 22.0 Å². The Morgan fingerprint density at radius 1 is 1.18 bits per heavy atom. The van der Waals surface area contributed by atoms with Crippen molar-refractivity contribution in [2.45, 2.75) is 26.8 Å². The monoisotopic (exact) mass is 448 g/mol. The van der Waals surface area contributed by atoms with Crippen LogP contribution in [0.1, 0.15) is 23.8 Å². The summed E-state index contributed by atoms with van der Waals surface area (Å²) in [6.45, 7) is 8.73. The largest absolute Gasteiger partial charge is 0.507 e. The van der Waals surface area contributed by atoms with Gasteiger partial charge in [0.05, 0.1) is 29.0 Å². The van der Waals surface area contributed by atoms with E-state index in [4.69, 9.17) is 9.40 Å². The molecule has 7 nitrogen and oxygen atoms in total. The van der Waals surface area contributed by atoms with Gasteiger partial charge in [-0.3, -0.25) is 4.79 Å². The summed E-state index contributed by atoms with van der Waals surface area (Å²) < 4.78 is 8.26. The number of nitrogens with zero attached hydrogens (tertiary/aromatic N) is 2. The fourth-order valence-electron chi connectivity index (χ4n) is 5.07. The van der Waals surface area contributed by atoms with Crippen LogP contribution in [-0.2, 0) is 20.0 Å². The van der Waals surface area contributed by atoms with E-state index in [1.807, 2.05) is 49.7 Å². The lowest BCUT2D eigenvalue weighted by Gasteiger charge is -2.27. The van der Waals surface area contributed by atoms with Crippen LogP contribution in [0.4, 0.5) is 0 Å². The van der Waals surface area contributed by atoms with Gasteiger partial charge in [-0.1, -0.05) is 19.1 Å². The number of para-hydroxylation sites is 2. The minimum absolute atomic E-state index is 0.0964. The van der Waals surface area contributed by atoms with Crippen LogP contribution in [0.2, 0.25) is 0 Å². The summed E-state index contributed by atoms with van der Waals surface area (Å²) in [5.41, 5.74) is 4.23. The lowest BCUT2D eigenvalue weighted by molar-refractivity contribution is -1.01. The Bertz CT molecular complexity index is 1410. The number of phenols is 1. The molecule has 5 rings (SSSR count). The molecule has 0 spiro atoms. The summed E-state index contributed by atoms with van der Waals surface area (Å²) in [6.07, 6.45) is 0.645. The molecule has 1 aliphatic heterocycles. The first kappa shape index (κ1) is 21.7. The van der Waals surface area contributed by atoms with E-state index in [9.17, 15) is 9.90 Å². The van der Waals surface area contributed by atoms with Crippen molar-refractivity contribution in [1.82, 2.24) is 9.55 Å². The number of likely N-dealkylation sites (N-methyl/N-ethyl adjacent to an activating group) is 1. The third-order valence-corrected chi connectivity index (χ3v) is 7.14. The van der Waals surface area contributed by atoms with Crippen molar-refractivity contribution in [2.24, 2.45) is 7.05 Å². The minimum atomic E-state index is -0.0964. The second kappa shape index (κ2) is 8.32. The number of aromatic hydroxyl groups is 1. The molecule has 1 fully saturated rings. The number of rotatable bonds is 4. The van der Waals surface area contributed by atoms with Crippen molar-refractivity contribution in [3.05, 3.63) is 57.4 Å². The van der Waals surface area contributed by atoms with E-state index in [0.717, 1.165) is 48.3 Å². The first-order chi connectivity index (χ1) is 15.9. The zero-order valence-electron chi connectivity index (χ0n) is 19.8. The lowest BCUT2D eigenvalue weighted by Crippen LogP contribution is -3.26. The van der Waals surface area contributed by atoms with Crippen LogP contribution < -0.4 is 15.2 Å². The second-order valence-electron chi connectivity index (χ2n) is 9.32. The van der Waals surface area contributed by atoms with Crippen LogP contribution in [0.25, 0.3) is 33.4 Å². The Morgan fingerprint density at radius 2 is 1.91 bits per heavy atom. The molecule has 2 aromatic carbocycles. The van der Waals surface area contributed by atoms with Gasteiger partial charge in [0, 0.05) is 7.05 Å². The number of hydrogen-bond acceptors (Lipinski definition) is 4. The van der Waals surface area contributed by atoms with Crippen molar-refractivity contribution in [3.63, 3.8) is 0 Å². The third kappa shape index (κ3) is 3.61. The molecule has 0 amide bonds. The van der Waals surface area contributed by atoms with Crippen molar-refractivity contribution < 1.29 is 19.3 Å². The molecule has 2 aromatic heterocycles. The summed E-state index contributed by atoms with van der Waals surface area (Å²) in [5, 5.41) is 11.6. The molecule has 1 saturated heterocycles. The van der Waals surface area contributed by atoms with Gasteiger partial charge in [-0.05, 0) is 37.1 Å². The normalized spacial score (nSPS) is 18.9. The van der Waals surface area contributed by atoms with Crippen LogP contribution in [0.15, 0.2) is 39.5 Å². The van der Waals surface area contributed by atoms with Crippen LogP contribution in [0.5, 0.6) is 5.75 Å². The Balaban J connectivity index is 1.71. The topological polar surface area (TPSA) is 77.1 Å². The maximum atomic E-state index is 13.8. The van der Waals surface area contributed by atoms with Gasteiger partial charge in [-0.2, -0.15) is 0 Å². The molecular weight excluding hydrogens is 416 g/mol. The van der Waals surface area contributed by atoms with Gasteiger partial charge in [0.1, 0.15) is 55.6 Å². The number of quaternary nitrogens is 2. The van der Waals surface area contributed by atoms with E-state index >= 15 is 0 Å². The highest BCUT2D eigenvalue weighted by atomic mass is 16.3. The van der Waals surface area contributed by atoms with Gasteiger partial charge in [0.25, 0.3) is 0 Å². The Morgan fingerprint density at radius 3 is 2.61 bits per heavy atom. The number of aryl methyl sites for hydroxylation is 3. The minimum Gasteiger partial charge on any atom is -0.507 e. The predicted octanol–water partition coefficient (Wildman–Crippen LogP) is 0.836. The molecule has 33 heavy (non-hydrogen) atoms. The molecule has 0 aliphatic carbocycles. The number of fused-ring (bicyclic) bond motifs is 2. The predicted molar refractivity (Wildman–Crippen MR) is 129 cm³/mol.